The van der Waals surface area contributed by atoms with Gasteiger partial charge >= 0.3 is 0 Å². The molecule has 1 N–H and O–H groups in total. The van der Waals surface area contributed by atoms with Crippen molar-refractivity contribution in [2.24, 2.45) is 11.8 Å². The van der Waals surface area contributed by atoms with Gasteiger partial charge in [0.05, 0.1) is 54.9 Å². The summed E-state index contributed by atoms with van der Waals surface area (Å²) in [5, 5.41) is 23.5. The first-order valence-corrected chi connectivity index (χ1v) is 15.7. The third-order valence-electron chi connectivity index (χ3n) is 8.69. The van der Waals surface area contributed by atoms with E-state index in [-0.39, 0.29) is 40.5 Å². The maximum atomic E-state index is 12.7. The minimum atomic E-state index is -1.35. The minimum Gasteiger partial charge on any atom is -1.00 e. The van der Waals surface area contributed by atoms with Crippen molar-refractivity contribution in [1.82, 2.24) is 9.30 Å². The number of amides is 1. The van der Waals surface area contributed by atoms with Crippen LogP contribution in [0, 0.1) is 11.8 Å². The molecule has 9 nitrogen and oxygen atoms in total. The zero-order valence-corrected chi connectivity index (χ0v) is 26.8. The molecule has 3 aliphatic rings. The predicted molar refractivity (Wildman–Crippen MR) is 150 cm³/mol. The Balaban J connectivity index is 0.00000337. The summed E-state index contributed by atoms with van der Waals surface area (Å²) in [6.07, 6.45) is 5.23. The Morgan fingerprint density at radius 1 is 1.32 bits per heavy atom. The van der Waals surface area contributed by atoms with Gasteiger partial charge in [-0.3, -0.25) is 4.79 Å². The fraction of sp³-hybridized carbons (Fsp3) is 0.483. The van der Waals surface area contributed by atoms with Crippen LogP contribution in [0.25, 0.3) is 10.4 Å². The maximum Gasteiger partial charge on any atom is 0.250 e. The lowest BCUT2D eigenvalue weighted by Crippen LogP contribution is -3.00. The molecular weight excluding hydrogens is 628 g/mol. The molecular formula is C29H35BrN4O5S2. The fourth-order valence-corrected chi connectivity index (χ4v) is 8.84. The zero-order chi connectivity index (χ0) is 28.3. The summed E-state index contributed by atoms with van der Waals surface area (Å²) < 4.78 is 10.8. The molecule has 3 aliphatic heterocycles. The molecule has 0 aliphatic carbocycles. The first kappa shape index (κ1) is 30.2. The van der Waals surface area contributed by atoms with Gasteiger partial charge < -0.3 is 46.1 Å². The number of aromatic nitrogens is 2. The molecule has 0 radical (unpaired) electrons. The van der Waals surface area contributed by atoms with Crippen LogP contribution in [0.15, 0.2) is 47.5 Å². The van der Waals surface area contributed by atoms with Gasteiger partial charge in [0.15, 0.2) is 0 Å². The number of quaternary nitrogens is 1. The van der Waals surface area contributed by atoms with Crippen molar-refractivity contribution in [3.05, 3.63) is 58.5 Å². The van der Waals surface area contributed by atoms with E-state index in [1.165, 1.54) is 27.4 Å². The molecule has 0 bridgehead atoms. The number of thiazole rings is 1. The first-order valence-electron chi connectivity index (χ1n) is 13.7. The number of benzene rings is 1. The number of aliphatic hydroxyl groups excluding tert-OH is 1. The Morgan fingerprint density at radius 2 is 2.02 bits per heavy atom. The van der Waals surface area contributed by atoms with Gasteiger partial charge in [-0.2, -0.15) is 4.40 Å². The lowest BCUT2D eigenvalue weighted by molar-refractivity contribution is -0.929. The normalized spacial score (nSPS) is 24.3. The number of carboxylic acid groups (broad SMARTS) is 1. The molecule has 220 valence electrons. The summed E-state index contributed by atoms with van der Waals surface area (Å²) in [4.78, 5) is 28.1. The van der Waals surface area contributed by atoms with Crippen LogP contribution in [0.1, 0.15) is 29.9 Å². The highest BCUT2D eigenvalue weighted by atomic mass is 79.9. The molecule has 12 heteroatoms. The van der Waals surface area contributed by atoms with Gasteiger partial charge in [-0.1, -0.05) is 48.2 Å². The average molecular weight is 664 g/mol. The van der Waals surface area contributed by atoms with Gasteiger partial charge in [0.25, 0.3) is 6.33 Å². The molecule has 6 rings (SSSR count). The van der Waals surface area contributed by atoms with E-state index in [0.29, 0.717) is 5.57 Å². The van der Waals surface area contributed by atoms with Crippen LogP contribution in [-0.4, -0.2) is 82.5 Å². The topological polar surface area (TPSA) is 98.2 Å². The number of halogens is 1. The molecule has 5 heterocycles. The predicted octanol–water partition coefficient (Wildman–Crippen LogP) is -1.64. The van der Waals surface area contributed by atoms with E-state index < -0.39 is 18.0 Å². The zero-order valence-electron chi connectivity index (χ0n) is 23.6. The fourth-order valence-electron chi connectivity index (χ4n) is 6.66. The van der Waals surface area contributed by atoms with Gasteiger partial charge in [-0.05, 0) is 24.8 Å². The molecule has 2 aromatic heterocycles. The summed E-state index contributed by atoms with van der Waals surface area (Å²) in [7, 11) is 2.30. The van der Waals surface area contributed by atoms with Gasteiger partial charge in [0.1, 0.15) is 32.4 Å². The first-order chi connectivity index (χ1) is 19.1. The summed E-state index contributed by atoms with van der Waals surface area (Å²) in [5.74, 6) is -2.52. The number of rotatable bonds is 8. The molecule has 1 aromatic carbocycles. The van der Waals surface area contributed by atoms with Crippen LogP contribution in [0.3, 0.4) is 0 Å². The van der Waals surface area contributed by atoms with Crippen molar-refractivity contribution in [1.29, 1.82) is 0 Å². The van der Waals surface area contributed by atoms with E-state index in [0.717, 1.165) is 58.6 Å². The second kappa shape index (κ2) is 11.5. The number of fused-ring (bicyclic) bond motifs is 2. The number of carbonyl (C=O) groups excluding carboxylic acids is 2. The van der Waals surface area contributed by atoms with E-state index in [1.54, 1.807) is 18.7 Å². The highest BCUT2D eigenvalue weighted by molar-refractivity contribution is 7.98. The summed E-state index contributed by atoms with van der Waals surface area (Å²) >= 11 is 3.19. The maximum absolute atomic E-state index is 12.7. The molecule has 2 saturated heterocycles. The lowest BCUT2D eigenvalue weighted by atomic mass is 9.77. The molecule has 2 fully saturated rings. The summed E-state index contributed by atoms with van der Waals surface area (Å²) in [6.45, 7) is 8.89. The minimum absolute atomic E-state index is 0. The number of β-lactam (4-membered cyclic amide) rings is 1. The van der Waals surface area contributed by atoms with E-state index in [9.17, 15) is 19.8 Å². The van der Waals surface area contributed by atoms with Gasteiger partial charge in [-0.15, -0.1) is 0 Å². The number of nitrogens with zero attached hydrogens (tertiary/aromatic N) is 4. The number of imidazole rings is 1. The van der Waals surface area contributed by atoms with Crippen molar-refractivity contribution < 1.29 is 50.6 Å². The van der Waals surface area contributed by atoms with Crippen LogP contribution in [-0.2, 0) is 27.4 Å². The number of thioether (sulfide) groups is 1. The number of carboxylic acids is 1. The highest BCUT2D eigenvalue weighted by Crippen LogP contribution is 2.51. The van der Waals surface area contributed by atoms with Crippen molar-refractivity contribution in [3.63, 3.8) is 0 Å². The van der Waals surface area contributed by atoms with Crippen molar-refractivity contribution in [2.45, 2.75) is 44.1 Å². The van der Waals surface area contributed by atoms with Gasteiger partial charge in [0.2, 0.25) is 15.8 Å². The van der Waals surface area contributed by atoms with Crippen LogP contribution >= 0.6 is 23.1 Å². The summed E-state index contributed by atoms with van der Waals surface area (Å²) in [5.41, 5.74) is 3.11. The lowest BCUT2D eigenvalue weighted by Gasteiger charge is -2.47. The highest BCUT2D eigenvalue weighted by Gasteiger charge is 2.59. The number of hydrogen-bond acceptors (Lipinski definition) is 7. The molecule has 3 aromatic rings. The molecule has 1 amide bonds. The SMILES string of the molecule is CSc1c2sc(C3=C(C(=O)[O-])N4C(=O)[C@H]([C@@H](C)O)[C@H]4[C@H]3C)cn2c[n+]1Cc1cccc(C[N+]2(C)CCOCC2)c1.[Br-]. The van der Waals surface area contributed by atoms with Crippen LogP contribution in [0.2, 0.25) is 0 Å². The van der Waals surface area contributed by atoms with E-state index >= 15 is 0 Å². The monoisotopic (exact) mass is 662 g/mol. The van der Waals surface area contributed by atoms with Crippen molar-refractivity contribution >= 4 is 45.4 Å². The van der Waals surface area contributed by atoms with E-state index in [2.05, 4.69) is 42.2 Å². The number of likely N-dealkylation sites (N-methyl/N-ethyl adjacent to an activating group) is 1. The third-order valence-corrected chi connectivity index (χ3v) is 10.8. The molecule has 4 atom stereocenters. The van der Waals surface area contributed by atoms with E-state index in [1.807, 2.05) is 23.8 Å². The molecule has 0 unspecified atom stereocenters. The number of morpholine rings is 1. The number of aliphatic hydroxyl groups is 1. The Morgan fingerprint density at radius 3 is 2.68 bits per heavy atom. The number of ether oxygens (including phenoxy) is 1. The number of carbonyl (C=O) groups is 2. The number of aliphatic carboxylic acids is 1. The van der Waals surface area contributed by atoms with Gasteiger partial charge in [0, 0.05) is 17.1 Å². The second-order valence-electron chi connectivity index (χ2n) is 11.5. The summed E-state index contributed by atoms with van der Waals surface area (Å²) in [6, 6.07) is 8.43. The Kier molecular flexibility index (Phi) is 8.45. The molecule has 0 saturated carbocycles. The average Bonchev–Trinajstić information content (AvgIpc) is 3.51. The Bertz CT molecular complexity index is 1530. The smallest absolute Gasteiger partial charge is 0.250 e. The van der Waals surface area contributed by atoms with Crippen LogP contribution in [0.5, 0.6) is 0 Å². The van der Waals surface area contributed by atoms with Crippen molar-refractivity contribution in [2.75, 3.05) is 39.6 Å². The third kappa shape index (κ3) is 5.16. The van der Waals surface area contributed by atoms with Crippen LogP contribution in [0.4, 0.5) is 0 Å². The van der Waals surface area contributed by atoms with E-state index in [4.69, 9.17) is 4.74 Å². The van der Waals surface area contributed by atoms with Crippen molar-refractivity contribution in [3.8, 4) is 0 Å². The largest absolute Gasteiger partial charge is 1.00 e. The quantitative estimate of drug-likeness (QED) is 0.135. The van der Waals surface area contributed by atoms with Crippen LogP contribution < -0.4 is 26.7 Å². The Labute approximate surface area is 258 Å². The molecule has 0 spiro atoms. The molecule has 41 heavy (non-hydrogen) atoms. The standard InChI is InChI=1S/C29H35N4O5S2.BrH/c1-17-22(25(29(36)37)32-24(17)23(18(2)34)26(32)35)21-14-31-16-30(27(39-4)28(31)40-21)13-19-6-5-7-20(12-19)15-33(3)8-10-38-11-9-33;/h5-7,12,14,16-18,23-24,34H,8-11,13,15H2,1-4H3;1H/q+1;/p-1/t17-,18+,23+,24+;/m0./s1. The second-order valence-corrected chi connectivity index (χ2v) is 13.3. The Hall–Kier alpha value is -2.22. The number of hydrogen-bond donors (Lipinski definition) is 1. The van der Waals surface area contributed by atoms with Gasteiger partial charge in [-0.25, -0.2) is 4.57 Å².